The zero-order valence-corrected chi connectivity index (χ0v) is 17.7. The van der Waals surface area contributed by atoms with Crippen molar-refractivity contribution in [1.29, 1.82) is 0 Å². The first kappa shape index (κ1) is 21.8. The molecule has 2 aromatic rings. The molecule has 1 unspecified atom stereocenters. The van der Waals surface area contributed by atoms with Crippen LogP contribution in [0.5, 0.6) is 11.5 Å². The predicted molar refractivity (Wildman–Crippen MR) is 111 cm³/mol. The molecule has 28 heavy (non-hydrogen) atoms. The van der Waals surface area contributed by atoms with Crippen molar-refractivity contribution in [2.45, 2.75) is 19.4 Å². The number of anilines is 2. The summed E-state index contributed by atoms with van der Waals surface area (Å²) in [6, 6.07) is 10.3. The van der Waals surface area contributed by atoms with Crippen molar-refractivity contribution in [3.05, 3.63) is 47.5 Å². The summed E-state index contributed by atoms with van der Waals surface area (Å²) in [4.78, 5) is 13.0. The van der Waals surface area contributed by atoms with Gasteiger partial charge in [0, 0.05) is 5.02 Å². The number of amides is 1. The van der Waals surface area contributed by atoms with Crippen molar-refractivity contribution in [2.75, 3.05) is 30.1 Å². The third kappa shape index (κ3) is 5.08. The second-order valence-electron chi connectivity index (χ2n) is 6.01. The number of nitrogens with one attached hydrogen (secondary N) is 1. The molecule has 1 amide bonds. The lowest BCUT2D eigenvalue weighted by atomic mass is 10.1. The summed E-state index contributed by atoms with van der Waals surface area (Å²) in [5.41, 5.74) is 0.727. The van der Waals surface area contributed by atoms with Crippen LogP contribution in [0.2, 0.25) is 5.02 Å². The molecule has 0 saturated heterocycles. The molecule has 0 spiro atoms. The van der Waals surface area contributed by atoms with Crippen molar-refractivity contribution in [3.63, 3.8) is 0 Å². The van der Waals surface area contributed by atoms with Gasteiger partial charge in [0.05, 0.1) is 31.9 Å². The topological polar surface area (TPSA) is 84.9 Å². The van der Waals surface area contributed by atoms with Crippen LogP contribution in [0.15, 0.2) is 42.5 Å². The van der Waals surface area contributed by atoms with E-state index < -0.39 is 22.0 Å². The number of carbonyl (C=O) groups is 1. The van der Waals surface area contributed by atoms with E-state index in [4.69, 9.17) is 21.1 Å². The number of ether oxygens (including phenoxy) is 2. The van der Waals surface area contributed by atoms with Crippen LogP contribution >= 0.6 is 11.6 Å². The molecule has 9 heteroatoms. The molecule has 0 saturated carbocycles. The molecule has 1 N–H and O–H groups in total. The van der Waals surface area contributed by atoms with Gasteiger partial charge in [-0.3, -0.25) is 9.10 Å². The molecular formula is C19H23ClN2O5S. The molecule has 2 aromatic carbocycles. The Morgan fingerprint density at radius 1 is 1.14 bits per heavy atom. The highest BCUT2D eigenvalue weighted by Gasteiger charge is 2.32. The monoisotopic (exact) mass is 426 g/mol. The van der Waals surface area contributed by atoms with Gasteiger partial charge in [-0.25, -0.2) is 8.42 Å². The largest absolute Gasteiger partial charge is 0.497 e. The van der Waals surface area contributed by atoms with Gasteiger partial charge in [0.2, 0.25) is 15.9 Å². The van der Waals surface area contributed by atoms with Crippen LogP contribution in [0.25, 0.3) is 0 Å². The van der Waals surface area contributed by atoms with Gasteiger partial charge in [-0.1, -0.05) is 18.5 Å². The lowest BCUT2D eigenvalue weighted by molar-refractivity contribution is -0.117. The van der Waals surface area contributed by atoms with Crippen molar-refractivity contribution in [3.8, 4) is 11.5 Å². The summed E-state index contributed by atoms with van der Waals surface area (Å²) in [6.45, 7) is 1.74. The van der Waals surface area contributed by atoms with E-state index in [0.717, 1.165) is 10.6 Å². The first-order valence-corrected chi connectivity index (χ1v) is 10.7. The molecule has 152 valence electrons. The fraction of sp³-hybridized carbons (Fsp3) is 0.316. The van der Waals surface area contributed by atoms with E-state index >= 15 is 0 Å². The Morgan fingerprint density at radius 2 is 1.79 bits per heavy atom. The molecule has 7 nitrogen and oxygen atoms in total. The lowest BCUT2D eigenvalue weighted by Gasteiger charge is -2.30. The van der Waals surface area contributed by atoms with Gasteiger partial charge < -0.3 is 14.8 Å². The molecule has 0 aliphatic rings. The first-order chi connectivity index (χ1) is 13.2. The second-order valence-corrected chi connectivity index (χ2v) is 8.31. The van der Waals surface area contributed by atoms with Gasteiger partial charge in [-0.2, -0.15) is 0 Å². The molecule has 0 aromatic heterocycles. The standard InChI is InChI=1S/C19H23ClN2O5S/c1-5-17(19(23)21-16-12-13(20)6-11-18(16)27-3)22(28(4,24)25)14-7-9-15(26-2)10-8-14/h6-12,17H,5H2,1-4H3,(H,21,23). The van der Waals surface area contributed by atoms with E-state index in [2.05, 4.69) is 5.32 Å². The smallest absolute Gasteiger partial charge is 0.248 e. The van der Waals surface area contributed by atoms with Gasteiger partial charge in [0.1, 0.15) is 17.5 Å². The van der Waals surface area contributed by atoms with E-state index in [1.165, 1.54) is 14.2 Å². The summed E-state index contributed by atoms with van der Waals surface area (Å²) in [5, 5.41) is 3.13. The van der Waals surface area contributed by atoms with Gasteiger partial charge in [0.15, 0.2) is 0 Å². The van der Waals surface area contributed by atoms with Gasteiger partial charge in [-0.15, -0.1) is 0 Å². The number of hydrogen-bond acceptors (Lipinski definition) is 5. The van der Waals surface area contributed by atoms with Crippen LogP contribution in [0.4, 0.5) is 11.4 Å². The van der Waals surface area contributed by atoms with Crippen LogP contribution < -0.4 is 19.1 Å². The van der Waals surface area contributed by atoms with E-state index in [9.17, 15) is 13.2 Å². The fourth-order valence-corrected chi connectivity index (χ4v) is 4.17. The van der Waals surface area contributed by atoms with Crippen molar-refractivity contribution in [2.24, 2.45) is 0 Å². The Kier molecular flexibility index (Phi) is 7.15. The van der Waals surface area contributed by atoms with E-state index in [1.54, 1.807) is 49.4 Å². The number of methoxy groups -OCH3 is 2. The van der Waals surface area contributed by atoms with Crippen molar-refractivity contribution < 1.29 is 22.7 Å². The first-order valence-electron chi connectivity index (χ1n) is 8.49. The normalized spacial score (nSPS) is 12.2. The number of hydrogen-bond donors (Lipinski definition) is 1. The summed E-state index contributed by atoms with van der Waals surface area (Å²) < 4.78 is 36.4. The Balaban J connectivity index is 2.40. The Morgan fingerprint density at radius 3 is 2.29 bits per heavy atom. The Bertz CT molecular complexity index is 932. The van der Waals surface area contributed by atoms with Crippen molar-refractivity contribution in [1.82, 2.24) is 0 Å². The van der Waals surface area contributed by atoms with Crippen LogP contribution in [0.3, 0.4) is 0 Å². The minimum atomic E-state index is -3.74. The molecule has 0 aliphatic carbocycles. The van der Waals surface area contributed by atoms with Crippen LogP contribution in [-0.2, 0) is 14.8 Å². The molecule has 0 bridgehead atoms. The molecule has 0 heterocycles. The quantitative estimate of drug-likeness (QED) is 0.697. The highest BCUT2D eigenvalue weighted by atomic mass is 35.5. The SMILES string of the molecule is CCC(C(=O)Nc1cc(Cl)ccc1OC)N(c1ccc(OC)cc1)S(C)(=O)=O. The highest BCUT2D eigenvalue weighted by Crippen LogP contribution is 2.30. The molecule has 1 atom stereocenters. The average Bonchev–Trinajstić information content (AvgIpc) is 2.65. The van der Waals surface area contributed by atoms with Crippen molar-refractivity contribution >= 4 is 38.9 Å². The zero-order valence-electron chi connectivity index (χ0n) is 16.1. The van der Waals surface area contributed by atoms with Gasteiger partial charge in [0.25, 0.3) is 0 Å². The Labute approximate surface area is 170 Å². The number of carbonyl (C=O) groups excluding carboxylic acids is 1. The second kappa shape index (κ2) is 9.16. The maximum Gasteiger partial charge on any atom is 0.248 e. The molecule has 0 fully saturated rings. The van der Waals surface area contributed by atoms with E-state index in [0.29, 0.717) is 27.9 Å². The number of halogens is 1. The van der Waals surface area contributed by atoms with Gasteiger partial charge >= 0.3 is 0 Å². The van der Waals surface area contributed by atoms with Crippen LogP contribution in [0, 0.1) is 0 Å². The number of nitrogens with zero attached hydrogens (tertiary/aromatic N) is 1. The number of sulfonamides is 1. The third-order valence-electron chi connectivity index (χ3n) is 4.08. The summed E-state index contributed by atoms with van der Waals surface area (Å²) in [6.07, 6.45) is 1.32. The molecule has 0 aliphatic heterocycles. The summed E-state index contributed by atoms with van der Waals surface area (Å²) in [7, 11) is -0.749. The maximum absolute atomic E-state index is 13.0. The minimum Gasteiger partial charge on any atom is -0.497 e. The molecule has 2 rings (SSSR count). The highest BCUT2D eigenvalue weighted by molar-refractivity contribution is 7.92. The predicted octanol–water partition coefficient (Wildman–Crippen LogP) is 3.54. The van der Waals surface area contributed by atoms with E-state index in [-0.39, 0.29) is 6.42 Å². The summed E-state index contributed by atoms with van der Waals surface area (Å²) >= 11 is 6.01. The number of rotatable bonds is 8. The third-order valence-corrected chi connectivity index (χ3v) is 5.49. The number of benzene rings is 2. The maximum atomic E-state index is 13.0. The average molecular weight is 427 g/mol. The van der Waals surface area contributed by atoms with Gasteiger partial charge in [-0.05, 0) is 48.9 Å². The fourth-order valence-electron chi connectivity index (χ4n) is 2.78. The summed E-state index contributed by atoms with van der Waals surface area (Å²) in [5.74, 6) is 0.505. The minimum absolute atomic E-state index is 0.258. The molecular weight excluding hydrogens is 404 g/mol. The Hall–Kier alpha value is -2.45. The molecule has 0 radical (unpaired) electrons. The van der Waals surface area contributed by atoms with Crippen LogP contribution in [-0.4, -0.2) is 40.8 Å². The lowest BCUT2D eigenvalue weighted by Crippen LogP contribution is -2.47. The van der Waals surface area contributed by atoms with E-state index in [1.807, 2.05) is 0 Å². The van der Waals surface area contributed by atoms with Crippen LogP contribution in [0.1, 0.15) is 13.3 Å². The zero-order chi connectivity index (χ0) is 20.9.